The van der Waals surface area contributed by atoms with Gasteiger partial charge in [0.05, 0.1) is 6.61 Å². The van der Waals surface area contributed by atoms with Crippen LogP contribution in [0.3, 0.4) is 0 Å². The molecule has 0 radical (unpaired) electrons. The van der Waals surface area contributed by atoms with E-state index in [1.165, 1.54) is 5.56 Å². The Bertz CT molecular complexity index is 390. The minimum absolute atomic E-state index is 0.119. The van der Waals surface area contributed by atoms with Gasteiger partial charge in [-0.15, -0.1) is 0 Å². The molecule has 1 rings (SSSR count). The average molecular weight is 263 g/mol. The highest BCUT2D eigenvalue weighted by atomic mass is 16.5. The molecule has 0 aliphatic heterocycles. The molecular weight excluding hydrogens is 234 g/mol. The fourth-order valence-electron chi connectivity index (χ4n) is 1.77. The van der Waals surface area contributed by atoms with Crippen LogP contribution in [0.15, 0.2) is 24.3 Å². The van der Waals surface area contributed by atoms with E-state index >= 15 is 0 Å². The highest BCUT2D eigenvalue weighted by Crippen LogP contribution is 2.22. The first kappa shape index (κ1) is 16.0. The van der Waals surface area contributed by atoms with Gasteiger partial charge in [0.15, 0.2) is 0 Å². The molecule has 0 saturated carbocycles. The maximum absolute atomic E-state index is 6.02. The van der Waals surface area contributed by atoms with Gasteiger partial charge in [-0.2, -0.15) is 0 Å². The minimum Gasteiger partial charge on any atom is -0.493 e. The van der Waals surface area contributed by atoms with Crippen molar-refractivity contribution in [3.05, 3.63) is 29.8 Å². The highest BCUT2D eigenvalue weighted by Gasteiger charge is 2.22. The number of aryl methyl sites for hydroxylation is 1. The van der Waals surface area contributed by atoms with E-state index in [9.17, 15) is 0 Å². The van der Waals surface area contributed by atoms with E-state index in [0.29, 0.717) is 0 Å². The van der Waals surface area contributed by atoms with Crippen molar-refractivity contribution >= 4 is 0 Å². The van der Waals surface area contributed by atoms with E-state index in [1.54, 1.807) is 0 Å². The maximum atomic E-state index is 6.02. The van der Waals surface area contributed by atoms with Gasteiger partial charge in [-0.05, 0) is 38.8 Å². The molecule has 0 aliphatic rings. The summed E-state index contributed by atoms with van der Waals surface area (Å²) in [5.41, 5.74) is 1.55. The summed E-state index contributed by atoms with van der Waals surface area (Å²) < 4.78 is 6.02. The Morgan fingerprint density at radius 3 is 2.26 bits per heavy atom. The Labute approximate surface area is 118 Å². The van der Waals surface area contributed by atoms with Crippen molar-refractivity contribution in [1.29, 1.82) is 0 Å². The lowest BCUT2D eigenvalue weighted by atomic mass is 9.93. The molecule has 0 fully saturated rings. The van der Waals surface area contributed by atoms with Crippen molar-refractivity contribution in [1.82, 2.24) is 5.32 Å². The van der Waals surface area contributed by atoms with Gasteiger partial charge in [0.2, 0.25) is 0 Å². The largest absolute Gasteiger partial charge is 0.493 e. The minimum atomic E-state index is 0.119. The van der Waals surface area contributed by atoms with E-state index in [2.05, 4.69) is 65.1 Å². The Kier molecular flexibility index (Phi) is 5.42. The second-order valence-electron chi connectivity index (χ2n) is 7.02. The Hall–Kier alpha value is -1.02. The van der Waals surface area contributed by atoms with Crippen molar-refractivity contribution in [2.24, 2.45) is 5.41 Å². The number of hydrogen-bond acceptors (Lipinski definition) is 2. The number of hydrogen-bond donors (Lipinski definition) is 1. The van der Waals surface area contributed by atoms with Crippen molar-refractivity contribution < 1.29 is 4.74 Å². The zero-order chi connectivity index (χ0) is 14.5. The van der Waals surface area contributed by atoms with Crippen LogP contribution in [0.4, 0.5) is 0 Å². The molecule has 2 heteroatoms. The molecule has 1 aromatic rings. The number of rotatable bonds is 6. The maximum Gasteiger partial charge on any atom is 0.122 e. The first-order chi connectivity index (χ1) is 8.73. The molecular formula is C17H29NO. The molecule has 1 N–H and O–H groups in total. The smallest absolute Gasteiger partial charge is 0.122 e. The monoisotopic (exact) mass is 263 g/mol. The zero-order valence-corrected chi connectivity index (χ0v) is 13.3. The summed E-state index contributed by atoms with van der Waals surface area (Å²) in [7, 11) is 0. The zero-order valence-electron chi connectivity index (χ0n) is 13.3. The van der Waals surface area contributed by atoms with Crippen LogP contribution >= 0.6 is 0 Å². The molecule has 108 valence electrons. The van der Waals surface area contributed by atoms with Crippen LogP contribution in [0.25, 0.3) is 0 Å². The average Bonchev–Trinajstić information content (AvgIpc) is 2.34. The molecule has 1 aromatic carbocycles. The summed E-state index contributed by atoms with van der Waals surface area (Å²) in [4.78, 5) is 0. The summed E-state index contributed by atoms with van der Waals surface area (Å²) in [5, 5.41) is 3.55. The van der Waals surface area contributed by atoms with Crippen molar-refractivity contribution in [3.8, 4) is 5.75 Å². The van der Waals surface area contributed by atoms with Crippen LogP contribution in [-0.2, 0) is 6.42 Å². The molecule has 0 saturated heterocycles. The summed E-state index contributed by atoms with van der Waals surface area (Å²) in [5.74, 6) is 1.02. The molecule has 0 aromatic heterocycles. The van der Waals surface area contributed by atoms with Gasteiger partial charge in [-0.1, -0.05) is 39.0 Å². The van der Waals surface area contributed by atoms with Gasteiger partial charge in [0.1, 0.15) is 5.75 Å². The lowest BCUT2D eigenvalue weighted by Gasteiger charge is -2.30. The molecule has 0 bridgehead atoms. The Balaban J connectivity index is 2.55. The van der Waals surface area contributed by atoms with Crippen LogP contribution < -0.4 is 10.1 Å². The number of ether oxygens (including phenoxy) is 1. The van der Waals surface area contributed by atoms with Gasteiger partial charge in [0, 0.05) is 17.5 Å². The second-order valence-corrected chi connectivity index (χ2v) is 7.02. The topological polar surface area (TPSA) is 21.3 Å². The molecule has 0 spiro atoms. The van der Waals surface area contributed by atoms with E-state index in [4.69, 9.17) is 4.74 Å². The standard InChI is InChI=1S/C17H29NO/c1-7-14-10-8-9-11-15(14)19-13-17(5,6)12-18-16(2,3)4/h8-11,18H,7,12-13H2,1-6H3. The third kappa shape index (κ3) is 6.11. The third-order valence-electron chi connectivity index (χ3n) is 3.07. The molecule has 0 heterocycles. The predicted molar refractivity (Wildman–Crippen MR) is 82.9 cm³/mol. The third-order valence-corrected chi connectivity index (χ3v) is 3.07. The summed E-state index contributed by atoms with van der Waals surface area (Å²) in [6, 6.07) is 8.30. The number of benzene rings is 1. The lowest BCUT2D eigenvalue weighted by molar-refractivity contribution is 0.165. The SMILES string of the molecule is CCc1ccccc1OCC(C)(C)CNC(C)(C)C. The first-order valence-electron chi connectivity index (χ1n) is 7.19. The van der Waals surface area contributed by atoms with Gasteiger partial charge in [0.25, 0.3) is 0 Å². The molecule has 2 nitrogen and oxygen atoms in total. The molecule has 0 unspecified atom stereocenters. The van der Waals surface area contributed by atoms with E-state index in [0.717, 1.165) is 25.3 Å². The molecule has 0 aliphatic carbocycles. The molecule has 19 heavy (non-hydrogen) atoms. The van der Waals surface area contributed by atoms with Crippen LogP contribution in [-0.4, -0.2) is 18.7 Å². The van der Waals surface area contributed by atoms with Crippen molar-refractivity contribution in [2.75, 3.05) is 13.2 Å². The van der Waals surface area contributed by atoms with Crippen molar-refractivity contribution in [3.63, 3.8) is 0 Å². The summed E-state index contributed by atoms with van der Waals surface area (Å²) >= 11 is 0. The highest BCUT2D eigenvalue weighted by molar-refractivity contribution is 5.33. The van der Waals surface area contributed by atoms with E-state index in [-0.39, 0.29) is 11.0 Å². The van der Waals surface area contributed by atoms with Crippen LogP contribution in [0.2, 0.25) is 0 Å². The first-order valence-corrected chi connectivity index (χ1v) is 7.19. The number of nitrogens with one attached hydrogen (secondary N) is 1. The van der Waals surface area contributed by atoms with Gasteiger partial charge < -0.3 is 10.1 Å². The quantitative estimate of drug-likeness (QED) is 0.836. The predicted octanol–water partition coefficient (Wildman–Crippen LogP) is 4.04. The second kappa shape index (κ2) is 6.42. The normalized spacial score (nSPS) is 12.5. The van der Waals surface area contributed by atoms with Gasteiger partial charge in [-0.25, -0.2) is 0 Å². The van der Waals surface area contributed by atoms with Gasteiger partial charge in [-0.3, -0.25) is 0 Å². The van der Waals surface area contributed by atoms with E-state index < -0.39 is 0 Å². The fourth-order valence-corrected chi connectivity index (χ4v) is 1.77. The van der Waals surface area contributed by atoms with Gasteiger partial charge >= 0.3 is 0 Å². The van der Waals surface area contributed by atoms with E-state index in [1.807, 2.05) is 6.07 Å². The fraction of sp³-hybridized carbons (Fsp3) is 0.647. The number of para-hydroxylation sites is 1. The summed E-state index contributed by atoms with van der Waals surface area (Å²) in [6.45, 7) is 14.9. The Morgan fingerprint density at radius 1 is 1.05 bits per heavy atom. The molecule has 0 amide bonds. The Morgan fingerprint density at radius 2 is 1.68 bits per heavy atom. The molecule has 0 atom stereocenters. The lowest BCUT2D eigenvalue weighted by Crippen LogP contribution is -2.43. The summed E-state index contributed by atoms with van der Waals surface area (Å²) in [6.07, 6.45) is 1.01. The van der Waals surface area contributed by atoms with Crippen LogP contribution in [0.5, 0.6) is 5.75 Å². The van der Waals surface area contributed by atoms with Crippen LogP contribution in [0.1, 0.15) is 47.1 Å². The van der Waals surface area contributed by atoms with Crippen molar-refractivity contribution in [2.45, 2.75) is 53.5 Å². The van der Waals surface area contributed by atoms with Crippen LogP contribution in [0, 0.1) is 5.41 Å².